The third-order valence-corrected chi connectivity index (χ3v) is 3.62. The van der Waals surface area contributed by atoms with Crippen LogP contribution in [0.25, 0.3) is 0 Å². The Morgan fingerprint density at radius 3 is 2.60 bits per heavy atom. The first-order chi connectivity index (χ1) is 7.33. The van der Waals surface area contributed by atoms with Crippen molar-refractivity contribution in [2.24, 2.45) is 5.92 Å². The van der Waals surface area contributed by atoms with E-state index in [-0.39, 0.29) is 0 Å². The van der Waals surface area contributed by atoms with E-state index in [9.17, 15) is 0 Å². The molecule has 0 aliphatic carbocycles. The van der Waals surface area contributed by atoms with Gasteiger partial charge >= 0.3 is 0 Å². The van der Waals surface area contributed by atoms with Gasteiger partial charge in [-0.25, -0.2) is 0 Å². The van der Waals surface area contributed by atoms with Gasteiger partial charge in [-0.3, -0.25) is 0 Å². The monoisotopic (exact) mass is 203 g/mol. The van der Waals surface area contributed by atoms with Crippen LogP contribution in [0.15, 0.2) is 30.3 Å². The molecule has 0 spiro atoms. The zero-order valence-corrected chi connectivity index (χ0v) is 9.82. The normalized spacial score (nSPS) is 25.1. The van der Waals surface area contributed by atoms with Gasteiger partial charge in [0.05, 0.1) is 0 Å². The van der Waals surface area contributed by atoms with Gasteiger partial charge in [0.1, 0.15) is 0 Å². The molecule has 0 radical (unpaired) electrons. The number of nitrogens with zero attached hydrogens (tertiary/aromatic N) is 1. The second kappa shape index (κ2) is 4.69. The minimum atomic E-state index is 0.735. The van der Waals surface area contributed by atoms with Crippen LogP contribution in [0.1, 0.15) is 33.1 Å². The third kappa shape index (κ3) is 2.17. The molecule has 82 valence electrons. The van der Waals surface area contributed by atoms with Crippen LogP contribution < -0.4 is 4.90 Å². The van der Waals surface area contributed by atoms with Gasteiger partial charge in [-0.15, -0.1) is 0 Å². The number of anilines is 1. The fraction of sp³-hybridized carbons (Fsp3) is 0.571. The summed E-state index contributed by atoms with van der Waals surface area (Å²) in [6.07, 6.45) is 4.12. The standard InChI is InChI=1S/C14H21N/c1-3-4-8-13-11-15(12(13)2)14-9-6-5-7-10-14/h5-7,9-10,12-13H,3-4,8,11H2,1-2H3/t12-,13+/m0/s1. The number of unbranched alkanes of at least 4 members (excludes halogenated alkanes) is 1. The molecular formula is C14H21N. The lowest BCUT2D eigenvalue weighted by atomic mass is 9.85. The van der Waals surface area contributed by atoms with Crippen molar-refractivity contribution in [1.82, 2.24) is 0 Å². The molecule has 1 aliphatic rings. The average molecular weight is 203 g/mol. The maximum atomic E-state index is 2.51. The molecule has 0 N–H and O–H groups in total. The molecule has 0 amide bonds. The number of para-hydroxylation sites is 1. The molecule has 1 aliphatic heterocycles. The summed E-state index contributed by atoms with van der Waals surface area (Å²) in [7, 11) is 0. The lowest BCUT2D eigenvalue weighted by Crippen LogP contribution is -2.54. The molecule has 1 aromatic carbocycles. The largest absolute Gasteiger partial charge is 0.368 e. The van der Waals surface area contributed by atoms with E-state index in [1.165, 1.54) is 31.5 Å². The van der Waals surface area contributed by atoms with E-state index < -0.39 is 0 Å². The summed E-state index contributed by atoms with van der Waals surface area (Å²) in [5.41, 5.74) is 1.39. The van der Waals surface area contributed by atoms with Gasteiger partial charge in [-0.1, -0.05) is 38.0 Å². The van der Waals surface area contributed by atoms with E-state index in [0.717, 1.165) is 12.0 Å². The first-order valence-electron chi connectivity index (χ1n) is 6.14. The molecule has 0 bridgehead atoms. The molecule has 1 nitrogen and oxygen atoms in total. The van der Waals surface area contributed by atoms with Gasteiger partial charge < -0.3 is 4.90 Å². The molecule has 0 aromatic heterocycles. The Labute approximate surface area is 93.1 Å². The van der Waals surface area contributed by atoms with Crippen LogP contribution in [0.3, 0.4) is 0 Å². The van der Waals surface area contributed by atoms with Gasteiger partial charge in [0.2, 0.25) is 0 Å². The van der Waals surface area contributed by atoms with Gasteiger partial charge in [0, 0.05) is 18.3 Å². The van der Waals surface area contributed by atoms with E-state index >= 15 is 0 Å². The van der Waals surface area contributed by atoms with Crippen LogP contribution >= 0.6 is 0 Å². The number of rotatable bonds is 4. The Bertz CT molecular complexity index is 293. The van der Waals surface area contributed by atoms with E-state index in [0.29, 0.717) is 0 Å². The first-order valence-corrected chi connectivity index (χ1v) is 6.14. The zero-order valence-electron chi connectivity index (χ0n) is 9.82. The van der Waals surface area contributed by atoms with Crippen LogP contribution in [0.4, 0.5) is 5.69 Å². The number of hydrogen-bond donors (Lipinski definition) is 0. The van der Waals surface area contributed by atoms with Crippen molar-refractivity contribution in [1.29, 1.82) is 0 Å². The molecule has 15 heavy (non-hydrogen) atoms. The summed E-state index contributed by atoms with van der Waals surface area (Å²) in [6, 6.07) is 11.5. The smallest absolute Gasteiger partial charge is 0.0368 e. The minimum absolute atomic E-state index is 0.735. The molecule has 0 saturated carbocycles. The van der Waals surface area contributed by atoms with Crippen molar-refractivity contribution < 1.29 is 0 Å². The summed E-state index contributed by atoms with van der Waals surface area (Å²) in [6.45, 7) is 5.89. The van der Waals surface area contributed by atoms with Crippen molar-refractivity contribution in [2.45, 2.75) is 39.2 Å². The molecule has 1 fully saturated rings. The van der Waals surface area contributed by atoms with Crippen molar-refractivity contribution in [3.8, 4) is 0 Å². The highest BCUT2D eigenvalue weighted by molar-refractivity contribution is 5.49. The van der Waals surface area contributed by atoms with E-state index in [1.54, 1.807) is 0 Å². The lowest BCUT2D eigenvalue weighted by molar-refractivity contribution is 0.287. The van der Waals surface area contributed by atoms with Gasteiger partial charge in [-0.05, 0) is 31.4 Å². The SMILES string of the molecule is CCCC[C@@H]1CN(c2ccccc2)[C@H]1C. The highest BCUT2D eigenvalue weighted by Gasteiger charge is 2.34. The molecular weight excluding hydrogens is 182 g/mol. The van der Waals surface area contributed by atoms with Gasteiger partial charge in [0.15, 0.2) is 0 Å². The minimum Gasteiger partial charge on any atom is -0.368 e. The lowest BCUT2D eigenvalue weighted by Gasteiger charge is -2.48. The molecule has 1 aromatic rings. The van der Waals surface area contributed by atoms with Crippen LogP contribution in [-0.4, -0.2) is 12.6 Å². The van der Waals surface area contributed by atoms with Crippen molar-refractivity contribution in [2.75, 3.05) is 11.4 Å². The topological polar surface area (TPSA) is 3.24 Å². The highest BCUT2D eigenvalue weighted by atomic mass is 15.2. The van der Waals surface area contributed by atoms with Crippen LogP contribution in [0, 0.1) is 5.92 Å². The maximum Gasteiger partial charge on any atom is 0.0368 e. The van der Waals surface area contributed by atoms with E-state index in [4.69, 9.17) is 0 Å². The summed E-state index contributed by atoms with van der Waals surface area (Å²) < 4.78 is 0. The first kappa shape index (κ1) is 10.5. The second-order valence-corrected chi connectivity index (χ2v) is 4.63. The van der Waals surface area contributed by atoms with E-state index in [2.05, 4.69) is 49.1 Å². The molecule has 2 rings (SSSR count). The van der Waals surface area contributed by atoms with E-state index in [1.807, 2.05) is 0 Å². The Balaban J connectivity index is 1.89. The van der Waals surface area contributed by atoms with Crippen LogP contribution in [-0.2, 0) is 0 Å². The van der Waals surface area contributed by atoms with Crippen LogP contribution in [0.2, 0.25) is 0 Å². The predicted octanol–water partition coefficient (Wildman–Crippen LogP) is 3.70. The summed E-state index contributed by atoms with van der Waals surface area (Å²) in [5, 5.41) is 0. The third-order valence-electron chi connectivity index (χ3n) is 3.62. The zero-order chi connectivity index (χ0) is 10.7. The Kier molecular flexibility index (Phi) is 3.30. The summed E-state index contributed by atoms with van der Waals surface area (Å²) in [4.78, 5) is 2.51. The molecule has 1 heterocycles. The van der Waals surface area contributed by atoms with Crippen molar-refractivity contribution in [3.63, 3.8) is 0 Å². The highest BCUT2D eigenvalue weighted by Crippen LogP contribution is 2.33. The Morgan fingerprint density at radius 1 is 1.27 bits per heavy atom. The summed E-state index contributed by atoms with van der Waals surface area (Å²) >= 11 is 0. The van der Waals surface area contributed by atoms with Gasteiger partial charge in [0.25, 0.3) is 0 Å². The van der Waals surface area contributed by atoms with Crippen LogP contribution in [0.5, 0.6) is 0 Å². The van der Waals surface area contributed by atoms with Gasteiger partial charge in [-0.2, -0.15) is 0 Å². The quantitative estimate of drug-likeness (QED) is 0.721. The summed E-state index contributed by atoms with van der Waals surface area (Å²) in [5.74, 6) is 0.921. The molecule has 0 unspecified atom stereocenters. The van der Waals surface area contributed by atoms with Crippen molar-refractivity contribution in [3.05, 3.63) is 30.3 Å². The molecule has 1 heteroatoms. The fourth-order valence-corrected chi connectivity index (χ4v) is 2.45. The Morgan fingerprint density at radius 2 is 2.00 bits per heavy atom. The fourth-order valence-electron chi connectivity index (χ4n) is 2.45. The Hall–Kier alpha value is -0.980. The maximum absolute atomic E-state index is 2.51. The molecule has 1 saturated heterocycles. The number of hydrogen-bond acceptors (Lipinski definition) is 1. The average Bonchev–Trinajstić information content (AvgIpc) is 2.29. The number of benzene rings is 1. The predicted molar refractivity (Wildman–Crippen MR) is 66.3 cm³/mol. The molecule has 2 atom stereocenters. The second-order valence-electron chi connectivity index (χ2n) is 4.63. The van der Waals surface area contributed by atoms with Crippen molar-refractivity contribution >= 4 is 5.69 Å².